The van der Waals surface area contributed by atoms with Crippen molar-refractivity contribution in [2.24, 2.45) is 29.1 Å². The van der Waals surface area contributed by atoms with Crippen LogP contribution in [-0.4, -0.2) is 28.3 Å². The molecule has 0 saturated heterocycles. The smallest absolute Gasteiger partial charge is 0.226 e. The number of aromatic nitrogens is 2. The molecule has 4 aliphatic rings. The normalized spacial score (nSPS) is 30.0. The summed E-state index contributed by atoms with van der Waals surface area (Å²) in [5.41, 5.74) is 1.72. The van der Waals surface area contributed by atoms with Crippen molar-refractivity contribution in [2.75, 3.05) is 6.54 Å². The van der Waals surface area contributed by atoms with Crippen molar-refractivity contribution in [3.63, 3.8) is 0 Å². The van der Waals surface area contributed by atoms with Crippen LogP contribution in [0.25, 0.3) is 11.0 Å². The average molecular weight is 423 g/mol. The van der Waals surface area contributed by atoms with E-state index in [-0.39, 0.29) is 29.2 Å². The van der Waals surface area contributed by atoms with Crippen molar-refractivity contribution in [2.45, 2.75) is 64.8 Å². The highest BCUT2D eigenvalue weighted by molar-refractivity contribution is 5.84. The Kier molecular flexibility index (Phi) is 5.27. The lowest BCUT2D eigenvalue weighted by Gasteiger charge is -2.55. The Labute approximate surface area is 184 Å². The van der Waals surface area contributed by atoms with Crippen molar-refractivity contribution < 1.29 is 9.59 Å². The molecule has 2 amide bonds. The number of benzene rings is 1. The predicted octanol–water partition coefficient (Wildman–Crippen LogP) is 4.10. The first-order valence-corrected chi connectivity index (χ1v) is 11.9. The van der Waals surface area contributed by atoms with Gasteiger partial charge in [0.25, 0.3) is 0 Å². The van der Waals surface area contributed by atoms with Crippen LogP contribution in [0.1, 0.15) is 70.7 Å². The van der Waals surface area contributed by atoms with E-state index in [2.05, 4.69) is 34.4 Å². The van der Waals surface area contributed by atoms with E-state index in [1.165, 1.54) is 19.3 Å². The molecule has 2 aromatic rings. The van der Waals surface area contributed by atoms with Gasteiger partial charge in [-0.25, -0.2) is 4.98 Å². The van der Waals surface area contributed by atoms with E-state index in [0.717, 1.165) is 53.9 Å². The number of carbonyl (C=O) groups is 2. The number of amides is 2. The molecule has 0 unspecified atom stereocenters. The number of rotatable bonds is 7. The SMILES string of the molecule is CC(C)[C@H](NC(=O)CCNC(=O)C12CC3CC(CC(C3)C1)C2)c1nc2ccccc2[nH]1. The third kappa shape index (κ3) is 3.97. The molecule has 166 valence electrons. The quantitative estimate of drug-likeness (QED) is 0.628. The van der Waals surface area contributed by atoms with Crippen LogP contribution in [0, 0.1) is 29.1 Å². The maximum Gasteiger partial charge on any atom is 0.226 e. The number of H-pyrrole nitrogens is 1. The van der Waals surface area contributed by atoms with Crippen molar-refractivity contribution >= 4 is 22.8 Å². The lowest BCUT2D eigenvalue weighted by atomic mass is 9.49. The fourth-order valence-corrected chi connectivity index (χ4v) is 6.78. The highest BCUT2D eigenvalue weighted by atomic mass is 16.2. The van der Waals surface area contributed by atoms with Gasteiger partial charge < -0.3 is 15.6 Å². The molecule has 1 atom stereocenters. The van der Waals surface area contributed by atoms with Crippen molar-refractivity contribution in [1.29, 1.82) is 0 Å². The third-order valence-corrected chi connectivity index (χ3v) is 7.84. The number of aromatic amines is 1. The van der Waals surface area contributed by atoms with E-state index in [1.54, 1.807) is 0 Å². The van der Waals surface area contributed by atoms with Crippen molar-refractivity contribution in [1.82, 2.24) is 20.6 Å². The largest absolute Gasteiger partial charge is 0.355 e. The Morgan fingerprint density at radius 3 is 2.35 bits per heavy atom. The van der Waals surface area contributed by atoms with Gasteiger partial charge in [0.2, 0.25) is 11.8 Å². The number of hydrogen-bond acceptors (Lipinski definition) is 3. The first-order valence-electron chi connectivity index (χ1n) is 11.9. The van der Waals surface area contributed by atoms with Gasteiger partial charge in [0.05, 0.1) is 17.1 Å². The van der Waals surface area contributed by atoms with Crippen LogP contribution in [0.15, 0.2) is 24.3 Å². The molecule has 31 heavy (non-hydrogen) atoms. The van der Waals surface area contributed by atoms with E-state index in [9.17, 15) is 9.59 Å². The second-order valence-electron chi connectivity index (χ2n) is 10.6. The molecule has 1 heterocycles. The topological polar surface area (TPSA) is 86.9 Å². The Morgan fingerprint density at radius 1 is 1.10 bits per heavy atom. The molecule has 6 nitrogen and oxygen atoms in total. The molecular weight excluding hydrogens is 388 g/mol. The zero-order chi connectivity index (χ0) is 21.6. The van der Waals surface area contributed by atoms with Crippen LogP contribution in [0.5, 0.6) is 0 Å². The Balaban J connectivity index is 1.16. The number of fused-ring (bicyclic) bond motifs is 1. The van der Waals surface area contributed by atoms with Crippen LogP contribution in [0.2, 0.25) is 0 Å². The van der Waals surface area contributed by atoms with Gasteiger partial charge in [-0.1, -0.05) is 26.0 Å². The van der Waals surface area contributed by atoms with E-state index in [0.29, 0.717) is 13.0 Å². The minimum Gasteiger partial charge on any atom is -0.355 e. The molecule has 4 saturated carbocycles. The molecular formula is C25H34N4O2. The summed E-state index contributed by atoms with van der Waals surface area (Å²) >= 11 is 0. The van der Waals surface area contributed by atoms with Gasteiger partial charge >= 0.3 is 0 Å². The lowest BCUT2D eigenvalue weighted by molar-refractivity contribution is -0.146. The molecule has 1 aromatic heterocycles. The molecule has 1 aromatic carbocycles. The van der Waals surface area contributed by atoms with Crippen LogP contribution >= 0.6 is 0 Å². The molecule has 4 fully saturated rings. The summed E-state index contributed by atoms with van der Waals surface area (Å²) in [5, 5.41) is 6.23. The highest BCUT2D eigenvalue weighted by Gasteiger charge is 2.54. The first kappa shape index (κ1) is 20.5. The zero-order valence-corrected chi connectivity index (χ0v) is 18.6. The molecule has 6 heteroatoms. The minimum atomic E-state index is -0.182. The minimum absolute atomic E-state index is 0.0510. The Bertz CT molecular complexity index is 911. The summed E-state index contributed by atoms with van der Waals surface area (Å²) in [5.74, 6) is 3.36. The first-order chi connectivity index (χ1) is 14.9. The maximum absolute atomic E-state index is 13.1. The Hall–Kier alpha value is -2.37. The number of carbonyl (C=O) groups excluding carboxylic acids is 2. The van der Waals surface area contributed by atoms with E-state index < -0.39 is 0 Å². The van der Waals surface area contributed by atoms with Gasteiger partial charge in [-0.2, -0.15) is 0 Å². The second kappa shape index (κ2) is 7.95. The van der Waals surface area contributed by atoms with Gasteiger partial charge in [-0.15, -0.1) is 0 Å². The molecule has 3 N–H and O–H groups in total. The fraction of sp³-hybridized carbons (Fsp3) is 0.640. The molecule has 0 spiro atoms. The Morgan fingerprint density at radius 2 is 1.74 bits per heavy atom. The van der Waals surface area contributed by atoms with Gasteiger partial charge in [0.1, 0.15) is 5.82 Å². The maximum atomic E-state index is 13.1. The molecule has 0 radical (unpaired) electrons. The number of nitrogens with zero attached hydrogens (tertiary/aromatic N) is 1. The predicted molar refractivity (Wildman–Crippen MR) is 120 cm³/mol. The van der Waals surface area contributed by atoms with Gasteiger partial charge in [0, 0.05) is 18.4 Å². The van der Waals surface area contributed by atoms with Crippen molar-refractivity contribution in [3.05, 3.63) is 30.1 Å². The number of hydrogen-bond donors (Lipinski definition) is 3. The monoisotopic (exact) mass is 422 g/mol. The summed E-state index contributed by atoms with van der Waals surface area (Å²) < 4.78 is 0. The van der Waals surface area contributed by atoms with Crippen LogP contribution in [0.4, 0.5) is 0 Å². The van der Waals surface area contributed by atoms with E-state index in [4.69, 9.17) is 0 Å². The highest BCUT2D eigenvalue weighted by Crippen LogP contribution is 2.60. The summed E-state index contributed by atoms with van der Waals surface area (Å²) in [6, 6.07) is 7.71. The molecule has 6 rings (SSSR count). The number of imidazole rings is 1. The molecule has 0 aliphatic heterocycles. The summed E-state index contributed by atoms with van der Waals surface area (Å²) in [6.45, 7) is 4.55. The third-order valence-electron chi connectivity index (χ3n) is 7.84. The number of para-hydroxylation sites is 2. The summed E-state index contributed by atoms with van der Waals surface area (Å²) in [7, 11) is 0. The van der Waals surface area contributed by atoms with Crippen LogP contribution < -0.4 is 10.6 Å². The summed E-state index contributed by atoms with van der Waals surface area (Å²) in [4.78, 5) is 33.7. The van der Waals surface area contributed by atoms with E-state index >= 15 is 0 Å². The fourth-order valence-electron chi connectivity index (χ4n) is 6.78. The average Bonchev–Trinajstić information content (AvgIpc) is 3.14. The van der Waals surface area contributed by atoms with Gasteiger partial charge in [0.15, 0.2) is 0 Å². The summed E-state index contributed by atoms with van der Waals surface area (Å²) in [6.07, 6.45) is 7.44. The van der Waals surface area contributed by atoms with Crippen LogP contribution in [0.3, 0.4) is 0 Å². The molecule has 4 aliphatic carbocycles. The lowest BCUT2D eigenvalue weighted by Crippen LogP contribution is -2.53. The zero-order valence-electron chi connectivity index (χ0n) is 18.6. The van der Waals surface area contributed by atoms with Crippen LogP contribution in [-0.2, 0) is 9.59 Å². The van der Waals surface area contributed by atoms with Crippen molar-refractivity contribution in [3.8, 4) is 0 Å². The van der Waals surface area contributed by atoms with Gasteiger partial charge in [-0.05, 0) is 74.3 Å². The number of nitrogens with one attached hydrogen (secondary N) is 3. The molecule has 4 bridgehead atoms. The van der Waals surface area contributed by atoms with Gasteiger partial charge in [-0.3, -0.25) is 9.59 Å². The standard InChI is InChI=1S/C25H34N4O2/c1-15(2)22(23-27-19-5-3-4-6-20(19)28-23)29-21(30)7-8-26-24(31)25-12-16-9-17(13-25)11-18(10-16)14-25/h3-6,15-18,22H,7-14H2,1-2H3,(H,26,31)(H,27,28)(H,29,30)/t16?,17?,18?,22-,25?/m0/s1. The second-order valence-corrected chi connectivity index (χ2v) is 10.6. The van der Waals surface area contributed by atoms with E-state index in [1.807, 2.05) is 24.3 Å².